The van der Waals surface area contributed by atoms with Gasteiger partial charge in [-0.25, -0.2) is 4.79 Å². The van der Waals surface area contributed by atoms with Gasteiger partial charge in [-0.2, -0.15) is 4.99 Å². The fourth-order valence-corrected chi connectivity index (χ4v) is 6.81. The van der Waals surface area contributed by atoms with Crippen molar-refractivity contribution in [3.05, 3.63) is 118 Å². The predicted octanol–water partition coefficient (Wildman–Crippen LogP) is 4.62. The molecule has 0 saturated carbocycles. The Balaban J connectivity index is 1.27. The molecule has 51 heavy (non-hydrogen) atoms. The number of methoxy groups -OCH3 is 1. The van der Waals surface area contributed by atoms with Crippen LogP contribution in [0.15, 0.2) is 102 Å². The third kappa shape index (κ3) is 9.80. The van der Waals surface area contributed by atoms with E-state index >= 15 is 0 Å². The predicted molar refractivity (Wildman–Crippen MR) is 194 cm³/mol. The van der Waals surface area contributed by atoms with Gasteiger partial charge in [0.25, 0.3) is 0 Å². The number of ether oxygens (including phenoxy) is 3. The van der Waals surface area contributed by atoms with E-state index in [0.717, 1.165) is 16.0 Å². The number of nitrogens with zero attached hydrogens (tertiary/aromatic N) is 2. The molecule has 4 aromatic rings. The summed E-state index contributed by atoms with van der Waals surface area (Å²) in [5, 5.41) is 6.14. The van der Waals surface area contributed by atoms with Gasteiger partial charge in [-0.15, -0.1) is 11.3 Å². The zero-order valence-corrected chi connectivity index (χ0v) is 29.3. The fraction of sp³-hybridized carbons (Fsp3) is 0.289. The van der Waals surface area contributed by atoms with Crippen molar-refractivity contribution >= 4 is 41.0 Å². The molecule has 4 N–H and O–H groups in total. The van der Waals surface area contributed by atoms with Gasteiger partial charge in [0.05, 0.1) is 37.7 Å². The number of rotatable bonds is 14. The van der Waals surface area contributed by atoms with Crippen LogP contribution in [0.2, 0.25) is 0 Å². The Hall–Kier alpha value is -5.53. The lowest BCUT2D eigenvalue weighted by Gasteiger charge is -2.33. The van der Waals surface area contributed by atoms with Crippen LogP contribution in [0.5, 0.6) is 11.5 Å². The molecule has 3 amide bonds. The number of nitrogens with one attached hydrogen (secondary N) is 2. The minimum Gasteiger partial charge on any atom is -0.497 e. The highest BCUT2D eigenvalue weighted by Gasteiger charge is 2.40. The van der Waals surface area contributed by atoms with Crippen molar-refractivity contribution in [2.45, 2.75) is 44.3 Å². The Bertz CT molecular complexity index is 1780. The van der Waals surface area contributed by atoms with Crippen LogP contribution in [0, 0.1) is 0 Å². The van der Waals surface area contributed by atoms with Gasteiger partial charge < -0.3 is 30.2 Å². The maximum absolute atomic E-state index is 14.5. The minimum absolute atomic E-state index is 0.0172. The van der Waals surface area contributed by atoms with Crippen molar-refractivity contribution in [2.75, 3.05) is 26.8 Å². The standard InChI is InChI=1S/C38H41N5O7S/c1-3-49-32(44)24-40-34(33(25-11-6-4-7-12-25)26-13-8-5-9-14-26)37(46)43-22-10-15-30(43)36(45)41-23-29-20-21-31(51-29)35(39)42-38(47)50-28-18-16-27(48-2)17-19-28/h4-9,11-14,16-21,30,33-34,40H,3,10,15,22-24H2,1-2H3,(H,41,45)(H2,39,42,47)/t30-,34+/m0/s1. The molecule has 2 atom stereocenters. The van der Waals surface area contributed by atoms with Crippen LogP contribution in [0.1, 0.15) is 46.6 Å². The molecule has 266 valence electrons. The summed E-state index contributed by atoms with van der Waals surface area (Å²) in [6.45, 7) is 2.36. The lowest BCUT2D eigenvalue weighted by molar-refractivity contribution is -0.143. The summed E-state index contributed by atoms with van der Waals surface area (Å²) in [6.07, 6.45) is 0.275. The van der Waals surface area contributed by atoms with Crippen LogP contribution in [-0.2, 0) is 25.7 Å². The van der Waals surface area contributed by atoms with Gasteiger partial charge in [-0.05, 0) is 67.3 Å². The Morgan fingerprint density at radius 1 is 0.922 bits per heavy atom. The molecule has 2 heterocycles. The Morgan fingerprint density at radius 3 is 2.20 bits per heavy atom. The van der Waals surface area contributed by atoms with Crippen LogP contribution >= 0.6 is 11.3 Å². The van der Waals surface area contributed by atoms with E-state index in [0.29, 0.717) is 35.8 Å². The average Bonchev–Trinajstić information content (AvgIpc) is 3.84. The number of amides is 3. The molecule has 1 fully saturated rings. The van der Waals surface area contributed by atoms with E-state index in [-0.39, 0.29) is 37.3 Å². The minimum atomic E-state index is -0.872. The first kappa shape index (κ1) is 36.7. The third-order valence-corrected chi connectivity index (χ3v) is 9.46. The molecule has 12 nitrogen and oxygen atoms in total. The first-order chi connectivity index (χ1) is 24.8. The molecule has 0 radical (unpaired) electrons. The first-order valence-electron chi connectivity index (χ1n) is 16.6. The molecular formula is C38H41N5O7S. The molecular weight excluding hydrogens is 671 g/mol. The molecule has 0 bridgehead atoms. The van der Waals surface area contributed by atoms with Crippen molar-refractivity contribution in [1.29, 1.82) is 0 Å². The molecule has 13 heteroatoms. The molecule has 0 spiro atoms. The quantitative estimate of drug-likeness (QED) is 0.0963. The van der Waals surface area contributed by atoms with Crippen molar-refractivity contribution in [2.24, 2.45) is 10.7 Å². The van der Waals surface area contributed by atoms with Gasteiger partial charge in [0.1, 0.15) is 23.4 Å². The number of carbonyl (C=O) groups excluding carboxylic acids is 4. The number of amidine groups is 1. The molecule has 3 aromatic carbocycles. The Morgan fingerprint density at radius 2 is 1.57 bits per heavy atom. The number of esters is 1. The zero-order chi connectivity index (χ0) is 36.2. The van der Waals surface area contributed by atoms with Crippen LogP contribution in [-0.4, -0.2) is 73.5 Å². The number of benzene rings is 3. The largest absolute Gasteiger partial charge is 0.497 e. The molecule has 0 unspecified atom stereocenters. The molecule has 5 rings (SSSR count). The second-order valence-electron chi connectivity index (χ2n) is 11.7. The van der Waals surface area contributed by atoms with Crippen LogP contribution < -0.4 is 25.8 Å². The number of hydrogen-bond acceptors (Lipinski definition) is 9. The van der Waals surface area contributed by atoms with E-state index < -0.39 is 30.1 Å². The van der Waals surface area contributed by atoms with Gasteiger partial charge in [0.15, 0.2) is 0 Å². The van der Waals surface area contributed by atoms with E-state index in [1.165, 1.54) is 18.4 Å². The summed E-state index contributed by atoms with van der Waals surface area (Å²) in [6, 6.07) is 27.7. The Labute approximate surface area is 300 Å². The van der Waals surface area contributed by atoms with Gasteiger partial charge >= 0.3 is 12.1 Å². The van der Waals surface area contributed by atoms with Crippen LogP contribution in [0.25, 0.3) is 0 Å². The summed E-state index contributed by atoms with van der Waals surface area (Å²) in [4.78, 5) is 59.6. The summed E-state index contributed by atoms with van der Waals surface area (Å²) in [5.74, 6) is -0.584. The maximum atomic E-state index is 14.5. The lowest BCUT2D eigenvalue weighted by Crippen LogP contribution is -2.55. The van der Waals surface area contributed by atoms with Crippen LogP contribution in [0.4, 0.5) is 4.79 Å². The normalized spacial score (nSPS) is 14.9. The molecule has 0 aliphatic carbocycles. The van der Waals surface area contributed by atoms with Crippen LogP contribution in [0.3, 0.4) is 0 Å². The highest BCUT2D eigenvalue weighted by Crippen LogP contribution is 2.31. The maximum Gasteiger partial charge on any atom is 0.441 e. The van der Waals surface area contributed by atoms with Crippen molar-refractivity contribution in [3.63, 3.8) is 0 Å². The molecule has 1 aliphatic heterocycles. The van der Waals surface area contributed by atoms with E-state index in [2.05, 4.69) is 15.6 Å². The second kappa shape index (κ2) is 17.9. The highest BCUT2D eigenvalue weighted by molar-refractivity contribution is 7.14. The van der Waals surface area contributed by atoms with Gasteiger partial charge in [-0.1, -0.05) is 60.7 Å². The molecule has 1 saturated heterocycles. The van der Waals surface area contributed by atoms with E-state index in [1.54, 1.807) is 48.2 Å². The number of aliphatic imine (C=N–C) groups is 1. The van der Waals surface area contributed by atoms with Gasteiger partial charge in [-0.3, -0.25) is 19.7 Å². The molecule has 1 aliphatic rings. The van der Waals surface area contributed by atoms with Gasteiger partial charge in [0, 0.05) is 17.3 Å². The number of likely N-dealkylation sites (tertiary alicyclic amines) is 1. The molecule has 1 aromatic heterocycles. The van der Waals surface area contributed by atoms with E-state index in [9.17, 15) is 19.2 Å². The van der Waals surface area contributed by atoms with E-state index in [4.69, 9.17) is 19.9 Å². The first-order valence-corrected chi connectivity index (χ1v) is 17.4. The summed E-state index contributed by atoms with van der Waals surface area (Å²) >= 11 is 1.27. The Kier molecular flexibility index (Phi) is 12.9. The highest BCUT2D eigenvalue weighted by atomic mass is 32.1. The summed E-state index contributed by atoms with van der Waals surface area (Å²) in [7, 11) is 1.54. The number of nitrogens with two attached hydrogens (primary N) is 1. The zero-order valence-electron chi connectivity index (χ0n) is 28.5. The van der Waals surface area contributed by atoms with Crippen molar-refractivity contribution in [1.82, 2.24) is 15.5 Å². The summed E-state index contributed by atoms with van der Waals surface area (Å²) < 4.78 is 15.5. The van der Waals surface area contributed by atoms with Crippen molar-refractivity contribution < 1.29 is 33.4 Å². The monoisotopic (exact) mass is 711 g/mol. The SMILES string of the molecule is CCOC(=O)CN[C@@H](C(=O)N1CCC[C@H]1C(=O)NCc1ccc(/C(N)=N/C(=O)Oc2ccc(OC)cc2)s1)C(c1ccccc1)c1ccccc1. The smallest absolute Gasteiger partial charge is 0.441 e. The second-order valence-corrected chi connectivity index (χ2v) is 12.8. The number of hydrogen-bond donors (Lipinski definition) is 3. The summed E-state index contributed by atoms with van der Waals surface area (Å²) in [5.41, 5.74) is 7.87. The van der Waals surface area contributed by atoms with Crippen molar-refractivity contribution in [3.8, 4) is 11.5 Å². The topological polar surface area (TPSA) is 162 Å². The van der Waals surface area contributed by atoms with E-state index in [1.807, 2.05) is 60.7 Å². The number of carbonyl (C=O) groups is 4. The third-order valence-electron chi connectivity index (χ3n) is 8.35. The average molecular weight is 712 g/mol. The lowest BCUT2D eigenvalue weighted by atomic mass is 9.84. The number of thiophene rings is 1. The van der Waals surface area contributed by atoms with Gasteiger partial charge in [0.2, 0.25) is 11.8 Å². The fourth-order valence-electron chi connectivity index (χ4n) is 5.96.